The molecule has 0 aromatic carbocycles. The van der Waals surface area contributed by atoms with Crippen LogP contribution in [0, 0.1) is 0 Å². The summed E-state index contributed by atoms with van der Waals surface area (Å²) in [5.74, 6) is 0.187. The van der Waals surface area contributed by atoms with E-state index >= 15 is 0 Å². The molecular weight excluding hydrogens is 176 g/mol. The smallest absolute Gasteiger partial charge is 0.183 e. The lowest BCUT2D eigenvalue weighted by Gasteiger charge is -2.05. The fourth-order valence-corrected chi connectivity index (χ4v) is 1.80. The van der Waals surface area contributed by atoms with Gasteiger partial charge >= 0.3 is 0 Å². The third kappa shape index (κ3) is 1.62. The average Bonchev–Trinajstić information content (AvgIpc) is 2.47. The lowest BCUT2D eigenvalue weighted by molar-refractivity contribution is 0.0967. The van der Waals surface area contributed by atoms with Crippen LogP contribution >= 0.6 is 0 Å². The summed E-state index contributed by atoms with van der Waals surface area (Å²) in [6.45, 7) is 6.50. The number of fused-ring (bicyclic) bond motifs is 1. The maximum atomic E-state index is 11.5. The van der Waals surface area contributed by atoms with E-state index in [0.717, 1.165) is 24.0 Å². The number of carbonyl (C=O) groups is 1. The van der Waals surface area contributed by atoms with Gasteiger partial charge in [-0.1, -0.05) is 12.2 Å². The summed E-state index contributed by atoms with van der Waals surface area (Å²) in [7, 11) is 0. The maximum absolute atomic E-state index is 11.5. The number of nitrogens with zero attached hydrogens (tertiary/aromatic N) is 2. The standard InChI is InChI=1S/C11H14N2O/c1-8(2)6-13-7-9-4-3-5-10(14)11(9)12-13/h7H,1,3-6H2,2H3. The van der Waals surface area contributed by atoms with Crippen LogP contribution in [0.1, 0.15) is 35.8 Å². The Morgan fingerprint density at radius 3 is 3.07 bits per heavy atom. The lowest BCUT2D eigenvalue weighted by atomic mass is 9.97. The highest BCUT2D eigenvalue weighted by molar-refractivity contribution is 5.96. The summed E-state index contributed by atoms with van der Waals surface area (Å²) in [6.07, 6.45) is 4.57. The third-order valence-electron chi connectivity index (χ3n) is 2.38. The number of hydrogen-bond donors (Lipinski definition) is 0. The Balaban J connectivity index is 2.30. The number of ketones is 1. The van der Waals surface area contributed by atoms with Gasteiger partial charge in [-0.25, -0.2) is 0 Å². The molecule has 2 rings (SSSR count). The normalized spacial score (nSPS) is 15.4. The van der Waals surface area contributed by atoms with Crippen molar-refractivity contribution in [1.29, 1.82) is 0 Å². The van der Waals surface area contributed by atoms with Crippen molar-refractivity contribution in [3.63, 3.8) is 0 Å². The van der Waals surface area contributed by atoms with Crippen molar-refractivity contribution in [2.75, 3.05) is 0 Å². The fourth-order valence-electron chi connectivity index (χ4n) is 1.80. The van der Waals surface area contributed by atoms with E-state index in [2.05, 4.69) is 11.7 Å². The number of hydrogen-bond acceptors (Lipinski definition) is 2. The van der Waals surface area contributed by atoms with Gasteiger partial charge < -0.3 is 0 Å². The van der Waals surface area contributed by atoms with Gasteiger partial charge in [0.25, 0.3) is 0 Å². The first-order chi connectivity index (χ1) is 6.66. The van der Waals surface area contributed by atoms with Crippen molar-refractivity contribution in [2.45, 2.75) is 32.7 Å². The van der Waals surface area contributed by atoms with Crippen LogP contribution in [0.2, 0.25) is 0 Å². The van der Waals surface area contributed by atoms with Crippen molar-refractivity contribution >= 4 is 5.78 Å². The van der Waals surface area contributed by atoms with Gasteiger partial charge in [-0.3, -0.25) is 9.48 Å². The minimum absolute atomic E-state index is 0.187. The van der Waals surface area contributed by atoms with E-state index in [0.29, 0.717) is 18.7 Å². The van der Waals surface area contributed by atoms with E-state index in [4.69, 9.17) is 0 Å². The molecule has 0 unspecified atom stereocenters. The minimum atomic E-state index is 0.187. The molecule has 0 fully saturated rings. The molecule has 0 amide bonds. The van der Waals surface area contributed by atoms with E-state index in [1.54, 1.807) is 0 Å². The zero-order chi connectivity index (χ0) is 10.1. The first-order valence-electron chi connectivity index (χ1n) is 4.91. The van der Waals surface area contributed by atoms with Gasteiger partial charge in [0.15, 0.2) is 5.78 Å². The summed E-state index contributed by atoms with van der Waals surface area (Å²) in [4.78, 5) is 11.5. The van der Waals surface area contributed by atoms with E-state index in [1.807, 2.05) is 17.8 Å². The van der Waals surface area contributed by atoms with Crippen LogP contribution < -0.4 is 0 Å². The number of carbonyl (C=O) groups excluding carboxylic acids is 1. The van der Waals surface area contributed by atoms with Crippen molar-refractivity contribution in [3.05, 3.63) is 29.6 Å². The summed E-state index contributed by atoms with van der Waals surface area (Å²) in [6, 6.07) is 0. The largest absolute Gasteiger partial charge is 0.292 e. The average molecular weight is 190 g/mol. The van der Waals surface area contributed by atoms with Gasteiger partial charge in [0.1, 0.15) is 5.69 Å². The monoisotopic (exact) mass is 190 g/mol. The molecule has 1 aliphatic rings. The Labute approximate surface area is 83.4 Å². The highest BCUT2D eigenvalue weighted by atomic mass is 16.1. The first-order valence-corrected chi connectivity index (χ1v) is 4.91. The highest BCUT2D eigenvalue weighted by Crippen LogP contribution is 2.19. The molecule has 0 saturated heterocycles. The predicted molar refractivity (Wildman–Crippen MR) is 54.3 cm³/mol. The first kappa shape index (κ1) is 9.19. The van der Waals surface area contributed by atoms with Gasteiger partial charge in [0, 0.05) is 18.2 Å². The molecule has 0 spiro atoms. The van der Waals surface area contributed by atoms with Gasteiger partial charge in [-0.15, -0.1) is 0 Å². The molecular formula is C11H14N2O. The van der Waals surface area contributed by atoms with Gasteiger partial charge in [-0.2, -0.15) is 5.10 Å². The molecule has 3 heteroatoms. The molecule has 0 atom stereocenters. The Bertz CT molecular complexity index is 390. The van der Waals surface area contributed by atoms with Gasteiger partial charge in [0.2, 0.25) is 0 Å². The molecule has 0 radical (unpaired) electrons. The summed E-state index contributed by atoms with van der Waals surface area (Å²) in [5.41, 5.74) is 2.83. The fraction of sp³-hybridized carbons (Fsp3) is 0.455. The minimum Gasteiger partial charge on any atom is -0.292 e. The van der Waals surface area contributed by atoms with Crippen molar-refractivity contribution in [2.24, 2.45) is 0 Å². The van der Waals surface area contributed by atoms with Gasteiger partial charge in [0.05, 0.1) is 6.54 Å². The van der Waals surface area contributed by atoms with Crippen LogP contribution in [-0.2, 0) is 13.0 Å². The number of Topliss-reactive ketones (excluding diaryl/α,β-unsaturated/α-hetero) is 1. The van der Waals surface area contributed by atoms with Crippen LogP contribution in [-0.4, -0.2) is 15.6 Å². The Hall–Kier alpha value is -1.38. The third-order valence-corrected chi connectivity index (χ3v) is 2.38. The van der Waals surface area contributed by atoms with Crippen molar-refractivity contribution < 1.29 is 4.79 Å². The molecule has 1 aliphatic carbocycles. The molecule has 1 aromatic heterocycles. The zero-order valence-corrected chi connectivity index (χ0v) is 8.42. The number of rotatable bonds is 2. The molecule has 1 heterocycles. The van der Waals surface area contributed by atoms with Crippen molar-refractivity contribution in [3.8, 4) is 0 Å². The molecule has 0 aliphatic heterocycles. The molecule has 0 N–H and O–H groups in total. The van der Waals surface area contributed by atoms with Gasteiger partial charge in [-0.05, 0) is 19.8 Å². The highest BCUT2D eigenvalue weighted by Gasteiger charge is 2.20. The maximum Gasteiger partial charge on any atom is 0.183 e. The number of aryl methyl sites for hydroxylation is 1. The molecule has 14 heavy (non-hydrogen) atoms. The Morgan fingerprint density at radius 1 is 1.64 bits per heavy atom. The molecule has 0 bridgehead atoms. The number of allylic oxidation sites excluding steroid dienone is 1. The molecule has 74 valence electrons. The quantitative estimate of drug-likeness (QED) is 0.668. The van der Waals surface area contributed by atoms with Crippen molar-refractivity contribution in [1.82, 2.24) is 9.78 Å². The summed E-state index contributed by atoms with van der Waals surface area (Å²) in [5, 5.41) is 4.28. The van der Waals surface area contributed by atoms with Crippen LogP contribution in [0.5, 0.6) is 0 Å². The number of aromatic nitrogens is 2. The molecule has 3 nitrogen and oxygen atoms in total. The molecule has 0 saturated carbocycles. The second-order valence-electron chi connectivity index (χ2n) is 3.93. The summed E-state index contributed by atoms with van der Waals surface area (Å²) < 4.78 is 1.82. The van der Waals surface area contributed by atoms with Crippen LogP contribution in [0.25, 0.3) is 0 Å². The van der Waals surface area contributed by atoms with E-state index < -0.39 is 0 Å². The zero-order valence-electron chi connectivity index (χ0n) is 8.42. The van der Waals surface area contributed by atoms with E-state index in [1.165, 1.54) is 0 Å². The second-order valence-corrected chi connectivity index (χ2v) is 3.93. The second kappa shape index (κ2) is 3.40. The van der Waals surface area contributed by atoms with E-state index in [9.17, 15) is 4.79 Å². The van der Waals surface area contributed by atoms with Crippen LogP contribution in [0.4, 0.5) is 0 Å². The summed E-state index contributed by atoms with van der Waals surface area (Å²) >= 11 is 0. The Kier molecular flexibility index (Phi) is 2.23. The SMILES string of the molecule is C=C(C)Cn1cc2c(n1)C(=O)CCC2. The molecule has 1 aromatic rings. The lowest BCUT2D eigenvalue weighted by Crippen LogP contribution is -2.09. The topological polar surface area (TPSA) is 34.9 Å². The van der Waals surface area contributed by atoms with E-state index in [-0.39, 0.29) is 5.78 Å². The Morgan fingerprint density at radius 2 is 2.43 bits per heavy atom. The van der Waals surface area contributed by atoms with Crippen LogP contribution in [0.15, 0.2) is 18.3 Å². The predicted octanol–water partition coefficient (Wildman–Crippen LogP) is 1.98. The van der Waals surface area contributed by atoms with Crippen LogP contribution in [0.3, 0.4) is 0 Å².